The quantitative estimate of drug-likeness (QED) is 0.380. The molecule has 1 amide bonds. The van der Waals surface area contributed by atoms with Gasteiger partial charge in [-0.05, 0) is 54.5 Å². The first-order valence-electron chi connectivity index (χ1n) is 11.2. The third-order valence-corrected chi connectivity index (χ3v) is 5.87. The molecule has 1 aromatic carbocycles. The summed E-state index contributed by atoms with van der Waals surface area (Å²) in [5.74, 6) is -1.34. The molecule has 0 unspecified atom stereocenters. The van der Waals surface area contributed by atoms with E-state index in [0.29, 0.717) is 17.7 Å². The van der Waals surface area contributed by atoms with Gasteiger partial charge >= 0.3 is 0 Å². The highest BCUT2D eigenvalue weighted by Gasteiger charge is 2.27. The van der Waals surface area contributed by atoms with Crippen molar-refractivity contribution in [1.82, 2.24) is 34.7 Å². The number of amides is 1. The average molecular weight is 498 g/mol. The Labute approximate surface area is 202 Å². The van der Waals surface area contributed by atoms with E-state index in [2.05, 4.69) is 30.8 Å². The van der Waals surface area contributed by atoms with E-state index in [1.54, 1.807) is 25.3 Å². The second-order valence-corrected chi connectivity index (χ2v) is 8.51. The minimum absolute atomic E-state index is 0.0326. The Morgan fingerprint density at radius 2 is 2.08 bits per heavy atom. The number of imidazole rings is 1. The lowest BCUT2D eigenvalue weighted by atomic mass is 10.1. The highest BCUT2D eigenvalue weighted by Crippen LogP contribution is 2.39. The number of aromatic nitrogens is 7. The number of carbonyl (C=O) groups is 1. The first kappa shape index (κ1) is 23.6. The number of halogens is 3. The number of pyridine rings is 1. The van der Waals surface area contributed by atoms with Crippen molar-refractivity contribution < 1.29 is 23.1 Å². The molecule has 0 aliphatic heterocycles. The van der Waals surface area contributed by atoms with E-state index < -0.39 is 35.3 Å². The van der Waals surface area contributed by atoms with E-state index in [1.165, 1.54) is 21.6 Å². The van der Waals surface area contributed by atoms with Gasteiger partial charge in [-0.3, -0.25) is 4.79 Å². The summed E-state index contributed by atoms with van der Waals surface area (Å²) in [7, 11) is 0. The number of hydrogen-bond acceptors (Lipinski definition) is 7. The lowest BCUT2D eigenvalue weighted by molar-refractivity contribution is 0.102. The van der Waals surface area contributed by atoms with Gasteiger partial charge in [0.15, 0.2) is 0 Å². The molecule has 2 N–H and O–H groups in total. The fraction of sp³-hybridized carbons (Fsp3) is 0.304. The molecule has 0 saturated heterocycles. The van der Waals surface area contributed by atoms with Gasteiger partial charge in [0.1, 0.15) is 17.3 Å². The summed E-state index contributed by atoms with van der Waals surface area (Å²) in [5.41, 5.74) is 0.0633. The summed E-state index contributed by atoms with van der Waals surface area (Å²) in [6, 6.07) is 6.01. The molecule has 1 atom stereocenters. The third-order valence-electron chi connectivity index (χ3n) is 5.87. The molecule has 0 bridgehead atoms. The van der Waals surface area contributed by atoms with Crippen LogP contribution in [-0.2, 0) is 0 Å². The SMILES string of the molecule is C[C@H](CO)n1nnnc1-c1cccc(NC(=O)c2cc(-n3cnc(C4CC4)c3)c(C(F)F)cc2F)n1. The lowest BCUT2D eigenvalue weighted by Gasteiger charge is -2.14. The van der Waals surface area contributed by atoms with Crippen molar-refractivity contribution in [2.24, 2.45) is 0 Å². The molecule has 4 aromatic rings. The average Bonchev–Trinajstić information content (AvgIpc) is 3.39. The van der Waals surface area contributed by atoms with Gasteiger partial charge in [-0.25, -0.2) is 27.8 Å². The van der Waals surface area contributed by atoms with Gasteiger partial charge in [0.25, 0.3) is 12.3 Å². The number of tetrazole rings is 1. The minimum Gasteiger partial charge on any atom is -0.394 e. The normalized spacial score (nSPS) is 14.3. The van der Waals surface area contributed by atoms with Crippen LogP contribution in [0.15, 0.2) is 42.9 Å². The molecule has 186 valence electrons. The molecule has 1 fully saturated rings. The Bertz CT molecular complexity index is 1420. The topological polar surface area (TPSA) is 124 Å². The van der Waals surface area contributed by atoms with Gasteiger partial charge in [0, 0.05) is 17.7 Å². The Balaban J connectivity index is 1.45. The van der Waals surface area contributed by atoms with E-state index in [9.17, 15) is 23.1 Å². The molecule has 13 heteroatoms. The monoisotopic (exact) mass is 498 g/mol. The smallest absolute Gasteiger partial charge is 0.265 e. The zero-order valence-electron chi connectivity index (χ0n) is 19.0. The van der Waals surface area contributed by atoms with Crippen LogP contribution in [0.3, 0.4) is 0 Å². The van der Waals surface area contributed by atoms with Crippen LogP contribution in [0.25, 0.3) is 17.2 Å². The number of alkyl halides is 2. The maximum atomic E-state index is 14.8. The molecule has 5 rings (SSSR count). The van der Waals surface area contributed by atoms with Crippen molar-refractivity contribution in [1.29, 1.82) is 0 Å². The second kappa shape index (κ2) is 9.49. The molecule has 0 radical (unpaired) electrons. The zero-order chi connectivity index (χ0) is 25.4. The maximum absolute atomic E-state index is 14.8. The predicted molar refractivity (Wildman–Crippen MR) is 121 cm³/mol. The molecule has 0 spiro atoms. The van der Waals surface area contributed by atoms with Gasteiger partial charge in [-0.2, -0.15) is 0 Å². The van der Waals surface area contributed by atoms with Crippen molar-refractivity contribution in [3.8, 4) is 17.2 Å². The molecule has 3 heterocycles. The number of nitrogens with zero attached hydrogens (tertiary/aromatic N) is 7. The van der Waals surface area contributed by atoms with E-state index >= 15 is 0 Å². The number of hydrogen-bond donors (Lipinski definition) is 2. The van der Waals surface area contributed by atoms with Crippen LogP contribution in [0.1, 0.15) is 59.8 Å². The van der Waals surface area contributed by atoms with Crippen LogP contribution in [0, 0.1) is 5.82 Å². The Hall–Kier alpha value is -4.13. The number of benzene rings is 1. The number of aliphatic hydroxyl groups is 1. The van der Waals surface area contributed by atoms with Crippen LogP contribution in [0.5, 0.6) is 0 Å². The summed E-state index contributed by atoms with van der Waals surface area (Å²) in [5, 5.41) is 23.3. The van der Waals surface area contributed by atoms with E-state index in [1.807, 2.05) is 0 Å². The van der Waals surface area contributed by atoms with Crippen molar-refractivity contribution in [2.45, 2.75) is 38.2 Å². The predicted octanol–water partition coefficient (Wildman–Crippen LogP) is 3.68. The van der Waals surface area contributed by atoms with Crippen molar-refractivity contribution in [2.75, 3.05) is 11.9 Å². The number of aliphatic hydroxyl groups excluding tert-OH is 1. The fourth-order valence-electron chi connectivity index (χ4n) is 3.76. The van der Waals surface area contributed by atoms with Crippen LogP contribution in [0.4, 0.5) is 19.0 Å². The second-order valence-electron chi connectivity index (χ2n) is 8.51. The van der Waals surface area contributed by atoms with Gasteiger partial charge in [-0.1, -0.05) is 6.07 Å². The fourth-order valence-corrected chi connectivity index (χ4v) is 3.76. The highest BCUT2D eigenvalue weighted by molar-refractivity contribution is 6.04. The summed E-state index contributed by atoms with van der Waals surface area (Å²) < 4.78 is 45.0. The van der Waals surface area contributed by atoms with Crippen molar-refractivity contribution in [3.05, 3.63) is 65.5 Å². The lowest BCUT2D eigenvalue weighted by Crippen LogP contribution is -2.17. The number of rotatable bonds is 8. The van der Waals surface area contributed by atoms with Gasteiger partial charge in [-0.15, -0.1) is 5.10 Å². The van der Waals surface area contributed by atoms with Gasteiger partial charge < -0.3 is 15.0 Å². The van der Waals surface area contributed by atoms with E-state index in [0.717, 1.165) is 24.6 Å². The van der Waals surface area contributed by atoms with Crippen LogP contribution in [-0.4, -0.2) is 52.4 Å². The largest absolute Gasteiger partial charge is 0.394 e. The molecule has 36 heavy (non-hydrogen) atoms. The minimum atomic E-state index is -2.95. The molecular formula is C23H21F3N8O2. The van der Waals surface area contributed by atoms with Crippen LogP contribution < -0.4 is 5.32 Å². The molecular weight excluding hydrogens is 477 g/mol. The first-order chi connectivity index (χ1) is 17.4. The Morgan fingerprint density at radius 1 is 1.28 bits per heavy atom. The van der Waals surface area contributed by atoms with Gasteiger partial charge in [0.2, 0.25) is 5.82 Å². The standard InChI is InChI=1S/C23H21F3N8O2/c1-12(10-35)34-22(30-31-32-34)17-3-2-4-20(28-17)29-23(36)14-8-19(15(21(25)26)7-16(14)24)33-9-18(27-11-33)13-5-6-13/h2-4,7-9,11-13,21,35H,5-6,10H2,1H3,(H,28,29,36)/t12-/m1/s1. The van der Waals surface area contributed by atoms with Crippen molar-refractivity contribution in [3.63, 3.8) is 0 Å². The summed E-state index contributed by atoms with van der Waals surface area (Å²) in [4.78, 5) is 21.5. The van der Waals surface area contributed by atoms with E-state index in [4.69, 9.17) is 0 Å². The Morgan fingerprint density at radius 3 is 2.81 bits per heavy atom. The van der Waals surface area contributed by atoms with Crippen LogP contribution >= 0.6 is 0 Å². The first-order valence-corrected chi connectivity index (χ1v) is 11.2. The maximum Gasteiger partial charge on any atom is 0.265 e. The van der Waals surface area contributed by atoms with Crippen LogP contribution in [0.2, 0.25) is 0 Å². The van der Waals surface area contributed by atoms with E-state index in [-0.39, 0.29) is 23.9 Å². The van der Waals surface area contributed by atoms with Gasteiger partial charge in [0.05, 0.1) is 35.9 Å². The summed E-state index contributed by atoms with van der Waals surface area (Å²) >= 11 is 0. The highest BCUT2D eigenvalue weighted by atomic mass is 19.3. The zero-order valence-corrected chi connectivity index (χ0v) is 19.0. The Kier molecular flexibility index (Phi) is 6.22. The molecule has 1 aliphatic carbocycles. The number of nitrogens with one attached hydrogen (secondary N) is 1. The number of anilines is 1. The molecule has 10 nitrogen and oxygen atoms in total. The number of carbonyl (C=O) groups excluding carboxylic acids is 1. The summed E-state index contributed by atoms with van der Waals surface area (Å²) in [6.45, 7) is 1.51. The summed E-state index contributed by atoms with van der Waals surface area (Å²) in [6.07, 6.45) is 2.02. The molecule has 3 aromatic heterocycles. The molecule has 1 aliphatic rings. The van der Waals surface area contributed by atoms with Crippen molar-refractivity contribution >= 4 is 11.7 Å². The third kappa shape index (κ3) is 4.56. The molecule has 1 saturated carbocycles.